The maximum absolute atomic E-state index is 12.4. The second-order valence-electron chi connectivity index (χ2n) is 8.58. The Morgan fingerprint density at radius 1 is 1.25 bits per heavy atom. The zero-order valence-electron chi connectivity index (χ0n) is 16.6. The van der Waals surface area contributed by atoms with Gasteiger partial charge in [-0.25, -0.2) is 0 Å². The number of anilines is 1. The number of esters is 1. The molecule has 0 spiro atoms. The van der Waals surface area contributed by atoms with Gasteiger partial charge in [-0.3, -0.25) is 14.5 Å². The number of cyclic esters (lactones) is 1. The molecule has 4 rings (SSSR count). The van der Waals surface area contributed by atoms with Gasteiger partial charge in [0.2, 0.25) is 5.91 Å². The largest absolute Gasteiger partial charge is 0.465 e. The molecule has 2 saturated heterocycles. The van der Waals surface area contributed by atoms with Crippen molar-refractivity contribution in [3.05, 3.63) is 42.0 Å². The molecule has 2 aliphatic heterocycles. The Balaban J connectivity index is 1.34. The first kappa shape index (κ1) is 19.2. The number of rotatable bonds is 5. The summed E-state index contributed by atoms with van der Waals surface area (Å²) in [5.74, 6) is 0.179. The van der Waals surface area contributed by atoms with E-state index in [1.807, 2.05) is 24.3 Å². The van der Waals surface area contributed by atoms with E-state index in [0.717, 1.165) is 55.8 Å². The smallest absolute Gasteiger partial charge is 0.313 e. The zero-order chi connectivity index (χ0) is 19.7. The summed E-state index contributed by atoms with van der Waals surface area (Å²) < 4.78 is 5.35. The van der Waals surface area contributed by atoms with Crippen molar-refractivity contribution in [1.82, 2.24) is 9.80 Å². The van der Waals surface area contributed by atoms with Gasteiger partial charge in [0, 0.05) is 37.8 Å². The second kappa shape index (κ2) is 7.68. The number of hydrogen-bond acceptors (Lipinski definition) is 5. The molecule has 0 aromatic heterocycles. The summed E-state index contributed by atoms with van der Waals surface area (Å²) in [4.78, 5) is 29.2. The fourth-order valence-corrected chi connectivity index (χ4v) is 4.74. The van der Waals surface area contributed by atoms with Crippen molar-refractivity contribution >= 4 is 17.6 Å². The van der Waals surface area contributed by atoms with Gasteiger partial charge in [0.15, 0.2) is 0 Å². The molecule has 1 aliphatic carbocycles. The third-order valence-electron chi connectivity index (χ3n) is 6.42. The monoisotopic (exact) mass is 383 g/mol. The number of ether oxygens (including phenoxy) is 1. The Morgan fingerprint density at radius 3 is 2.68 bits per heavy atom. The summed E-state index contributed by atoms with van der Waals surface area (Å²) >= 11 is 0. The number of likely N-dealkylation sites (N-methyl/N-ethyl adjacent to an activating group) is 1. The summed E-state index contributed by atoms with van der Waals surface area (Å²) in [5, 5.41) is 2.98. The van der Waals surface area contributed by atoms with Crippen LogP contribution in [0.15, 0.2) is 36.4 Å². The number of carbonyl (C=O) groups excluding carboxylic acids is 2. The Kier molecular flexibility index (Phi) is 5.25. The van der Waals surface area contributed by atoms with E-state index in [4.69, 9.17) is 4.74 Å². The third kappa shape index (κ3) is 3.84. The molecule has 1 amide bonds. The lowest BCUT2D eigenvalue weighted by Crippen LogP contribution is -2.47. The number of fused-ring (bicyclic) bond motifs is 1. The van der Waals surface area contributed by atoms with Crippen LogP contribution in [0.5, 0.6) is 0 Å². The van der Waals surface area contributed by atoms with Crippen LogP contribution in [0.1, 0.15) is 18.4 Å². The molecule has 2 heterocycles. The van der Waals surface area contributed by atoms with Gasteiger partial charge in [0.05, 0.1) is 18.6 Å². The maximum Gasteiger partial charge on any atom is 0.313 e. The molecule has 1 saturated carbocycles. The fraction of sp³-hybridized carbons (Fsp3) is 0.545. The van der Waals surface area contributed by atoms with E-state index in [-0.39, 0.29) is 17.8 Å². The first-order chi connectivity index (χ1) is 13.4. The molecular formula is C22H29N3O3. The molecule has 0 bridgehead atoms. The highest BCUT2D eigenvalue weighted by Crippen LogP contribution is 2.52. The van der Waals surface area contributed by atoms with Crippen molar-refractivity contribution in [3.63, 3.8) is 0 Å². The number of nitrogens with one attached hydrogen (secondary N) is 1. The number of carbonyl (C=O) groups is 2. The number of allylic oxidation sites excluding steroid dienone is 1. The van der Waals surface area contributed by atoms with Crippen LogP contribution < -0.4 is 5.32 Å². The van der Waals surface area contributed by atoms with Gasteiger partial charge in [0.25, 0.3) is 0 Å². The average molecular weight is 383 g/mol. The topological polar surface area (TPSA) is 61.9 Å². The lowest BCUT2D eigenvalue weighted by atomic mass is 9.75. The minimum atomic E-state index is -0.441. The molecule has 2 atom stereocenters. The molecular weight excluding hydrogens is 354 g/mol. The summed E-state index contributed by atoms with van der Waals surface area (Å²) in [5.41, 5.74) is 2.59. The Morgan fingerprint density at radius 2 is 1.96 bits per heavy atom. The van der Waals surface area contributed by atoms with Crippen molar-refractivity contribution < 1.29 is 14.3 Å². The Hall–Kier alpha value is -2.18. The van der Waals surface area contributed by atoms with Crippen LogP contribution in [0.2, 0.25) is 0 Å². The first-order valence-corrected chi connectivity index (χ1v) is 10.1. The van der Waals surface area contributed by atoms with Crippen LogP contribution in [0, 0.1) is 11.3 Å². The zero-order valence-corrected chi connectivity index (χ0v) is 16.6. The van der Waals surface area contributed by atoms with E-state index in [0.29, 0.717) is 19.6 Å². The van der Waals surface area contributed by atoms with E-state index >= 15 is 0 Å². The van der Waals surface area contributed by atoms with Crippen LogP contribution >= 0.6 is 0 Å². The van der Waals surface area contributed by atoms with Crippen molar-refractivity contribution in [2.75, 3.05) is 51.7 Å². The molecule has 1 aromatic rings. The summed E-state index contributed by atoms with van der Waals surface area (Å²) in [7, 11) is 2.10. The number of piperazine rings is 1. The van der Waals surface area contributed by atoms with Gasteiger partial charge in [-0.05, 0) is 44.0 Å². The Bertz CT molecular complexity index is 768. The van der Waals surface area contributed by atoms with Gasteiger partial charge >= 0.3 is 5.97 Å². The molecule has 2 unspecified atom stereocenters. The van der Waals surface area contributed by atoms with E-state index in [1.165, 1.54) is 0 Å². The third-order valence-corrected chi connectivity index (χ3v) is 6.42. The maximum atomic E-state index is 12.4. The minimum absolute atomic E-state index is 0.0161. The average Bonchev–Trinajstić information content (AvgIpc) is 3.13. The number of nitrogens with zero attached hydrogens (tertiary/aromatic N) is 2. The van der Waals surface area contributed by atoms with E-state index in [9.17, 15) is 9.59 Å². The fourth-order valence-electron chi connectivity index (χ4n) is 4.74. The van der Waals surface area contributed by atoms with Crippen molar-refractivity contribution in [2.45, 2.75) is 19.3 Å². The predicted molar refractivity (Wildman–Crippen MR) is 108 cm³/mol. The highest BCUT2D eigenvalue weighted by atomic mass is 16.5. The van der Waals surface area contributed by atoms with Crippen LogP contribution in [0.25, 0.3) is 0 Å². The van der Waals surface area contributed by atoms with E-state index < -0.39 is 5.41 Å². The molecule has 3 fully saturated rings. The van der Waals surface area contributed by atoms with E-state index in [1.54, 1.807) is 0 Å². The molecule has 150 valence electrons. The molecule has 3 aliphatic rings. The summed E-state index contributed by atoms with van der Waals surface area (Å²) in [6, 6.07) is 7.85. The number of hydrogen-bond donors (Lipinski definition) is 1. The molecule has 1 aromatic carbocycles. The molecule has 6 nitrogen and oxygen atoms in total. The van der Waals surface area contributed by atoms with Crippen molar-refractivity contribution in [3.8, 4) is 0 Å². The first-order valence-electron chi connectivity index (χ1n) is 10.1. The van der Waals surface area contributed by atoms with Gasteiger partial charge in [-0.2, -0.15) is 0 Å². The summed E-state index contributed by atoms with van der Waals surface area (Å²) in [6.45, 7) is 8.88. The number of amides is 1. The molecule has 28 heavy (non-hydrogen) atoms. The van der Waals surface area contributed by atoms with Gasteiger partial charge < -0.3 is 15.0 Å². The minimum Gasteiger partial charge on any atom is -0.465 e. The second-order valence-corrected chi connectivity index (χ2v) is 8.58. The quantitative estimate of drug-likeness (QED) is 0.622. The number of benzene rings is 1. The predicted octanol–water partition coefficient (Wildman–Crippen LogP) is 1.92. The standard InChI is InChI=1S/C22H29N3O3/c1-16-11-18-15-28-21(27)22(18,12-16)13-17-3-5-19(6-4-17)23-20(26)14-25-9-7-24(2)8-10-25/h3-6,18H,1,7-15H2,2H3,(H,23,26). The van der Waals surface area contributed by atoms with Crippen LogP contribution in [0.3, 0.4) is 0 Å². The Labute approximate surface area is 166 Å². The molecule has 1 N–H and O–H groups in total. The highest BCUT2D eigenvalue weighted by Gasteiger charge is 2.55. The molecule has 6 heteroatoms. The van der Waals surface area contributed by atoms with Crippen molar-refractivity contribution in [2.24, 2.45) is 11.3 Å². The van der Waals surface area contributed by atoms with Crippen LogP contribution in [-0.4, -0.2) is 68.1 Å². The lowest BCUT2D eigenvalue weighted by Gasteiger charge is -2.31. The lowest BCUT2D eigenvalue weighted by molar-refractivity contribution is -0.146. The highest BCUT2D eigenvalue weighted by molar-refractivity contribution is 5.92. The van der Waals surface area contributed by atoms with Gasteiger partial charge in [-0.1, -0.05) is 24.3 Å². The summed E-state index contributed by atoms with van der Waals surface area (Å²) in [6.07, 6.45) is 2.28. The SMILES string of the molecule is C=C1CC2COC(=O)C2(Cc2ccc(NC(=O)CN3CCN(C)CC3)cc2)C1. The van der Waals surface area contributed by atoms with Gasteiger partial charge in [-0.15, -0.1) is 0 Å². The van der Waals surface area contributed by atoms with Gasteiger partial charge in [0.1, 0.15) is 0 Å². The van der Waals surface area contributed by atoms with E-state index in [2.05, 4.69) is 28.7 Å². The normalized spacial score (nSPS) is 28.2. The molecule has 0 radical (unpaired) electrons. The van der Waals surface area contributed by atoms with Crippen molar-refractivity contribution in [1.29, 1.82) is 0 Å². The van der Waals surface area contributed by atoms with Crippen LogP contribution in [0.4, 0.5) is 5.69 Å². The van der Waals surface area contributed by atoms with Crippen LogP contribution in [-0.2, 0) is 20.7 Å².